The van der Waals surface area contributed by atoms with E-state index in [0.29, 0.717) is 48.9 Å². The molecule has 0 aromatic heterocycles. The molecule has 22 heavy (non-hydrogen) atoms. The second kappa shape index (κ2) is 7.17. The normalized spacial score (nSPS) is 14.9. The van der Waals surface area contributed by atoms with Crippen LogP contribution >= 0.6 is 0 Å². The number of carbonyl (C=O) groups is 3. The van der Waals surface area contributed by atoms with Gasteiger partial charge in [-0.2, -0.15) is 0 Å². The SMILES string of the molecule is CCCC(C=O)N1C(=O)c2cccc(NCCCO)c2C1=O. The van der Waals surface area contributed by atoms with Crippen LogP contribution in [0, 0.1) is 0 Å². The Morgan fingerprint density at radius 1 is 1.32 bits per heavy atom. The van der Waals surface area contributed by atoms with Crippen LogP contribution in [0.3, 0.4) is 0 Å². The fourth-order valence-electron chi connectivity index (χ4n) is 2.61. The zero-order valence-corrected chi connectivity index (χ0v) is 12.5. The molecule has 0 saturated heterocycles. The number of imide groups is 1. The second-order valence-corrected chi connectivity index (χ2v) is 5.20. The Morgan fingerprint density at radius 3 is 2.73 bits per heavy atom. The lowest BCUT2D eigenvalue weighted by molar-refractivity contribution is -0.111. The summed E-state index contributed by atoms with van der Waals surface area (Å²) in [5.74, 6) is -0.853. The molecule has 6 heteroatoms. The molecule has 0 bridgehead atoms. The number of amides is 2. The van der Waals surface area contributed by atoms with Crippen molar-refractivity contribution in [1.82, 2.24) is 4.90 Å². The van der Waals surface area contributed by atoms with Gasteiger partial charge < -0.3 is 15.2 Å². The van der Waals surface area contributed by atoms with Crippen LogP contribution in [0.2, 0.25) is 0 Å². The number of aliphatic hydroxyl groups excluding tert-OH is 1. The lowest BCUT2D eigenvalue weighted by Crippen LogP contribution is -2.40. The van der Waals surface area contributed by atoms with E-state index < -0.39 is 17.9 Å². The summed E-state index contributed by atoms with van der Waals surface area (Å²) >= 11 is 0. The number of carbonyl (C=O) groups excluding carboxylic acids is 3. The van der Waals surface area contributed by atoms with Crippen molar-refractivity contribution in [3.63, 3.8) is 0 Å². The molecule has 0 radical (unpaired) electrons. The van der Waals surface area contributed by atoms with Crippen LogP contribution in [0.15, 0.2) is 18.2 Å². The first-order chi connectivity index (χ1) is 10.7. The average molecular weight is 304 g/mol. The molecule has 1 unspecified atom stereocenters. The highest BCUT2D eigenvalue weighted by Gasteiger charge is 2.41. The van der Waals surface area contributed by atoms with Gasteiger partial charge in [-0.25, -0.2) is 0 Å². The number of nitrogens with zero attached hydrogens (tertiary/aromatic N) is 1. The number of fused-ring (bicyclic) bond motifs is 1. The van der Waals surface area contributed by atoms with Gasteiger partial charge in [0.25, 0.3) is 11.8 Å². The number of benzene rings is 1. The van der Waals surface area contributed by atoms with E-state index in [1.807, 2.05) is 6.92 Å². The van der Waals surface area contributed by atoms with Crippen molar-refractivity contribution >= 4 is 23.8 Å². The molecule has 1 aliphatic rings. The molecule has 2 amide bonds. The average Bonchev–Trinajstić information content (AvgIpc) is 2.78. The van der Waals surface area contributed by atoms with E-state index in [9.17, 15) is 14.4 Å². The minimum atomic E-state index is -0.720. The van der Waals surface area contributed by atoms with Crippen LogP contribution in [0.25, 0.3) is 0 Å². The molecule has 2 rings (SSSR count). The first-order valence-electron chi connectivity index (χ1n) is 7.46. The molecule has 1 aliphatic heterocycles. The second-order valence-electron chi connectivity index (χ2n) is 5.20. The fourth-order valence-corrected chi connectivity index (χ4v) is 2.61. The van der Waals surface area contributed by atoms with E-state index in [0.717, 1.165) is 4.90 Å². The first kappa shape index (κ1) is 16.2. The highest BCUT2D eigenvalue weighted by Crippen LogP contribution is 2.31. The molecule has 1 atom stereocenters. The van der Waals surface area contributed by atoms with E-state index in [4.69, 9.17) is 5.11 Å². The Bertz CT molecular complexity index is 586. The largest absolute Gasteiger partial charge is 0.396 e. The summed E-state index contributed by atoms with van der Waals surface area (Å²) in [6.45, 7) is 2.45. The van der Waals surface area contributed by atoms with Crippen LogP contribution in [0.4, 0.5) is 5.69 Å². The van der Waals surface area contributed by atoms with Crippen LogP contribution in [0.5, 0.6) is 0 Å². The maximum absolute atomic E-state index is 12.6. The highest BCUT2D eigenvalue weighted by molar-refractivity contribution is 6.24. The predicted octanol–water partition coefficient (Wildman–Crippen LogP) is 1.44. The Kier molecular flexibility index (Phi) is 5.27. The van der Waals surface area contributed by atoms with Crippen molar-refractivity contribution in [2.24, 2.45) is 0 Å². The van der Waals surface area contributed by atoms with E-state index >= 15 is 0 Å². The third kappa shape index (κ3) is 2.87. The number of aldehydes is 1. The van der Waals surface area contributed by atoms with Gasteiger partial charge in [0.2, 0.25) is 0 Å². The number of nitrogens with one attached hydrogen (secondary N) is 1. The van der Waals surface area contributed by atoms with Gasteiger partial charge in [-0.1, -0.05) is 19.4 Å². The van der Waals surface area contributed by atoms with Gasteiger partial charge in [-0.05, 0) is 25.0 Å². The molecular weight excluding hydrogens is 284 g/mol. The summed E-state index contributed by atoms with van der Waals surface area (Å²) in [5.41, 5.74) is 1.20. The smallest absolute Gasteiger partial charge is 0.264 e. The van der Waals surface area contributed by atoms with Crippen LogP contribution < -0.4 is 5.32 Å². The molecule has 0 aliphatic carbocycles. The summed E-state index contributed by atoms with van der Waals surface area (Å²) in [6.07, 6.45) is 2.37. The Hall–Kier alpha value is -2.21. The molecule has 0 saturated carbocycles. The van der Waals surface area contributed by atoms with Crippen molar-refractivity contribution in [3.8, 4) is 0 Å². The number of aliphatic hydroxyl groups is 1. The van der Waals surface area contributed by atoms with Gasteiger partial charge in [0.05, 0.1) is 17.2 Å². The van der Waals surface area contributed by atoms with Crippen molar-refractivity contribution < 1.29 is 19.5 Å². The molecule has 1 aromatic rings. The summed E-state index contributed by atoms with van der Waals surface area (Å²) < 4.78 is 0. The highest BCUT2D eigenvalue weighted by atomic mass is 16.3. The first-order valence-corrected chi connectivity index (χ1v) is 7.46. The number of hydrogen-bond donors (Lipinski definition) is 2. The molecule has 1 aromatic carbocycles. The summed E-state index contributed by atoms with van der Waals surface area (Å²) in [7, 11) is 0. The van der Waals surface area contributed by atoms with E-state index in [-0.39, 0.29) is 6.61 Å². The van der Waals surface area contributed by atoms with Crippen LogP contribution in [-0.4, -0.2) is 47.3 Å². The molecule has 2 N–H and O–H groups in total. The fraction of sp³-hybridized carbons (Fsp3) is 0.438. The standard InChI is InChI=1S/C16H20N2O4/c1-2-5-11(10-20)18-15(21)12-6-3-7-13(14(12)16(18)22)17-8-4-9-19/h3,6-7,10-11,17,19H,2,4-5,8-9H2,1H3. The van der Waals surface area contributed by atoms with Crippen molar-refractivity contribution in [2.45, 2.75) is 32.2 Å². The molecule has 1 heterocycles. The minimum Gasteiger partial charge on any atom is -0.396 e. The van der Waals surface area contributed by atoms with E-state index in [2.05, 4.69) is 5.32 Å². The lowest BCUT2D eigenvalue weighted by Gasteiger charge is -2.20. The number of hydrogen-bond acceptors (Lipinski definition) is 5. The lowest BCUT2D eigenvalue weighted by atomic mass is 10.1. The quantitative estimate of drug-likeness (QED) is 0.431. The molecule has 0 fully saturated rings. The molecule has 118 valence electrons. The van der Waals surface area contributed by atoms with Crippen molar-refractivity contribution in [3.05, 3.63) is 29.3 Å². The summed E-state index contributed by atoms with van der Waals surface area (Å²) in [4.78, 5) is 37.3. The monoisotopic (exact) mass is 304 g/mol. The van der Waals surface area contributed by atoms with E-state index in [1.54, 1.807) is 18.2 Å². The van der Waals surface area contributed by atoms with Gasteiger partial charge in [-0.3, -0.25) is 14.5 Å². The Balaban J connectivity index is 2.32. The van der Waals surface area contributed by atoms with Gasteiger partial charge in [0.1, 0.15) is 6.29 Å². The van der Waals surface area contributed by atoms with Crippen molar-refractivity contribution in [2.75, 3.05) is 18.5 Å². The van der Waals surface area contributed by atoms with Gasteiger partial charge in [0.15, 0.2) is 0 Å². The van der Waals surface area contributed by atoms with Crippen LogP contribution in [0.1, 0.15) is 46.9 Å². The summed E-state index contributed by atoms with van der Waals surface area (Å²) in [5, 5.41) is 11.9. The predicted molar refractivity (Wildman–Crippen MR) is 81.9 cm³/mol. The number of anilines is 1. The maximum Gasteiger partial charge on any atom is 0.264 e. The van der Waals surface area contributed by atoms with E-state index in [1.165, 1.54) is 0 Å². The Labute approximate surface area is 129 Å². The third-order valence-electron chi connectivity index (χ3n) is 3.67. The van der Waals surface area contributed by atoms with Gasteiger partial charge >= 0.3 is 0 Å². The topological polar surface area (TPSA) is 86.7 Å². The molecular formula is C16H20N2O4. The maximum atomic E-state index is 12.6. The molecule has 6 nitrogen and oxygen atoms in total. The van der Waals surface area contributed by atoms with Gasteiger partial charge in [0, 0.05) is 18.8 Å². The minimum absolute atomic E-state index is 0.0464. The Morgan fingerprint density at radius 2 is 2.09 bits per heavy atom. The summed E-state index contributed by atoms with van der Waals surface area (Å²) in [6, 6.07) is 4.30. The zero-order valence-electron chi connectivity index (χ0n) is 12.5. The van der Waals surface area contributed by atoms with Crippen molar-refractivity contribution in [1.29, 1.82) is 0 Å². The molecule has 0 spiro atoms. The van der Waals surface area contributed by atoms with Gasteiger partial charge in [-0.15, -0.1) is 0 Å². The van der Waals surface area contributed by atoms with Crippen LogP contribution in [-0.2, 0) is 4.79 Å². The zero-order chi connectivity index (χ0) is 16.1. The third-order valence-corrected chi connectivity index (χ3v) is 3.67. The number of rotatable bonds is 8.